The summed E-state index contributed by atoms with van der Waals surface area (Å²) in [4.78, 5) is 0. The van der Waals surface area contributed by atoms with E-state index in [-0.39, 0.29) is 0 Å². The maximum absolute atomic E-state index is 2.46. The maximum Gasteiger partial charge on any atom is -0.00137 e. The summed E-state index contributed by atoms with van der Waals surface area (Å²) in [5, 5.41) is 17.9. The highest BCUT2D eigenvalue weighted by Gasteiger charge is 2.19. The first-order valence-corrected chi connectivity index (χ1v) is 20.2. The quantitative estimate of drug-likeness (QED) is 0.158. The van der Waals surface area contributed by atoms with Crippen LogP contribution in [0.15, 0.2) is 218 Å². The van der Waals surface area contributed by atoms with Crippen molar-refractivity contribution in [2.45, 2.75) is 0 Å². The van der Waals surface area contributed by atoms with Gasteiger partial charge in [-0.15, -0.1) is 0 Å². The molecule has 12 rings (SSSR count). The molecule has 0 bridgehead atoms. The van der Waals surface area contributed by atoms with Crippen molar-refractivity contribution in [3.8, 4) is 44.5 Å². The van der Waals surface area contributed by atoms with Gasteiger partial charge in [-0.05, 0) is 144 Å². The second-order valence-corrected chi connectivity index (χ2v) is 15.6. The van der Waals surface area contributed by atoms with Crippen molar-refractivity contribution in [1.29, 1.82) is 0 Å². The van der Waals surface area contributed by atoms with Crippen LogP contribution in [0.3, 0.4) is 0 Å². The smallest absolute Gasteiger partial charge is 0.00137 e. The fourth-order valence-electron chi connectivity index (χ4n) is 9.69. The van der Waals surface area contributed by atoms with Crippen LogP contribution in [0, 0.1) is 0 Å². The summed E-state index contributed by atoms with van der Waals surface area (Å²) in [6.45, 7) is 0. The molecule has 0 saturated heterocycles. The third-order valence-electron chi connectivity index (χ3n) is 12.4. The molecule has 0 aliphatic heterocycles. The molecule has 0 nitrogen and oxygen atoms in total. The summed E-state index contributed by atoms with van der Waals surface area (Å²) < 4.78 is 0. The average molecular weight is 733 g/mol. The highest BCUT2D eigenvalue weighted by molar-refractivity contribution is 6.40. The van der Waals surface area contributed by atoms with Crippen molar-refractivity contribution in [1.82, 2.24) is 0 Å². The van der Waals surface area contributed by atoms with E-state index in [9.17, 15) is 0 Å². The van der Waals surface area contributed by atoms with Crippen LogP contribution in [0.25, 0.3) is 120 Å². The number of hydrogen-bond donors (Lipinski definition) is 0. The largest absolute Gasteiger partial charge is 0.0616 e. The topological polar surface area (TPSA) is 0 Å². The second kappa shape index (κ2) is 13.0. The zero-order valence-corrected chi connectivity index (χ0v) is 31.8. The monoisotopic (exact) mass is 732 g/mol. The molecule has 0 N–H and O–H groups in total. The molecule has 12 aromatic rings. The molecule has 0 heterocycles. The Kier molecular flexibility index (Phi) is 7.33. The molecule has 58 heavy (non-hydrogen) atoms. The predicted octanol–water partition coefficient (Wildman–Crippen LogP) is 16.4. The van der Waals surface area contributed by atoms with Crippen molar-refractivity contribution < 1.29 is 0 Å². The molecule has 0 aliphatic rings. The van der Waals surface area contributed by atoms with Gasteiger partial charge in [-0.1, -0.05) is 194 Å². The van der Waals surface area contributed by atoms with Crippen LogP contribution in [0.1, 0.15) is 0 Å². The summed E-state index contributed by atoms with van der Waals surface area (Å²) in [7, 11) is 0. The normalized spacial score (nSPS) is 11.8. The summed E-state index contributed by atoms with van der Waals surface area (Å²) in [6.07, 6.45) is 0. The zero-order valence-electron chi connectivity index (χ0n) is 31.8. The third kappa shape index (κ3) is 5.09. The van der Waals surface area contributed by atoms with Crippen molar-refractivity contribution in [2.24, 2.45) is 0 Å². The fourth-order valence-corrected chi connectivity index (χ4v) is 9.69. The first-order chi connectivity index (χ1) is 28.8. The molecular formula is C58H36. The molecule has 0 amide bonds. The lowest BCUT2D eigenvalue weighted by Crippen LogP contribution is -1.91. The highest BCUT2D eigenvalue weighted by atomic mass is 14.2. The number of rotatable bonds is 4. The van der Waals surface area contributed by atoms with E-state index < -0.39 is 0 Å². The molecule has 0 spiro atoms. The maximum atomic E-state index is 2.46. The van der Waals surface area contributed by atoms with E-state index in [0.29, 0.717) is 0 Å². The van der Waals surface area contributed by atoms with E-state index in [1.54, 1.807) is 0 Å². The standard InChI is InChI=1S/C58H36/c1-3-15-39-33-41(27-25-37(39)13-1)45-17-5-7-19-47(45)43-29-31-51-52-32-30-44(48-20-8-6-18-46(48)42-28-26-38-14-2-4-16-40(38)34-42)36-56(52)58-54-24-12-10-22-50(54)49-21-9-11-23-53(49)57(58)55(51)35-43/h1-36H. The Morgan fingerprint density at radius 1 is 0.172 bits per heavy atom. The van der Waals surface area contributed by atoms with Gasteiger partial charge in [-0.25, -0.2) is 0 Å². The Balaban J connectivity index is 1.14. The van der Waals surface area contributed by atoms with Crippen LogP contribution in [-0.4, -0.2) is 0 Å². The van der Waals surface area contributed by atoms with Crippen LogP contribution >= 0.6 is 0 Å². The molecule has 12 aromatic carbocycles. The van der Waals surface area contributed by atoms with Crippen LogP contribution in [-0.2, 0) is 0 Å². The number of fused-ring (bicyclic) bond motifs is 13. The summed E-state index contributed by atoms with van der Waals surface area (Å²) in [5.41, 5.74) is 9.84. The van der Waals surface area contributed by atoms with E-state index in [4.69, 9.17) is 0 Å². The number of hydrogen-bond acceptors (Lipinski definition) is 0. The minimum absolute atomic E-state index is 1.22. The van der Waals surface area contributed by atoms with Crippen LogP contribution < -0.4 is 0 Å². The highest BCUT2D eigenvalue weighted by Crippen LogP contribution is 2.47. The van der Waals surface area contributed by atoms with Crippen molar-refractivity contribution in [3.63, 3.8) is 0 Å². The van der Waals surface area contributed by atoms with Gasteiger partial charge in [0.05, 0.1) is 0 Å². The first-order valence-electron chi connectivity index (χ1n) is 20.2. The van der Waals surface area contributed by atoms with Gasteiger partial charge in [0.15, 0.2) is 0 Å². The van der Waals surface area contributed by atoms with Crippen molar-refractivity contribution in [2.75, 3.05) is 0 Å². The van der Waals surface area contributed by atoms with Gasteiger partial charge in [0, 0.05) is 0 Å². The molecule has 0 radical (unpaired) electrons. The Labute approximate surface area is 336 Å². The van der Waals surface area contributed by atoms with Gasteiger partial charge < -0.3 is 0 Å². The van der Waals surface area contributed by atoms with Gasteiger partial charge in [-0.2, -0.15) is 0 Å². The van der Waals surface area contributed by atoms with Gasteiger partial charge in [0.2, 0.25) is 0 Å². The lowest BCUT2D eigenvalue weighted by molar-refractivity contribution is 1.61. The fraction of sp³-hybridized carbons (Fsp3) is 0. The van der Waals surface area contributed by atoms with Crippen LogP contribution in [0.5, 0.6) is 0 Å². The molecule has 0 saturated carbocycles. The Hall–Kier alpha value is -7.54. The van der Waals surface area contributed by atoms with E-state index in [1.165, 1.54) is 120 Å². The minimum Gasteiger partial charge on any atom is -0.0616 e. The first kappa shape index (κ1) is 32.7. The lowest BCUT2D eigenvalue weighted by atomic mass is 9.84. The van der Waals surface area contributed by atoms with Gasteiger partial charge in [0.25, 0.3) is 0 Å². The van der Waals surface area contributed by atoms with E-state index in [1.807, 2.05) is 0 Å². The van der Waals surface area contributed by atoms with Crippen molar-refractivity contribution >= 4 is 75.4 Å². The average Bonchev–Trinajstić information content (AvgIpc) is 3.30. The molecule has 0 aromatic heterocycles. The summed E-state index contributed by atoms with van der Waals surface area (Å²) in [5.74, 6) is 0. The lowest BCUT2D eigenvalue weighted by Gasteiger charge is -2.19. The van der Waals surface area contributed by atoms with E-state index in [2.05, 4.69) is 218 Å². The molecule has 0 unspecified atom stereocenters. The molecule has 0 fully saturated rings. The van der Waals surface area contributed by atoms with Gasteiger partial charge >= 0.3 is 0 Å². The second-order valence-electron chi connectivity index (χ2n) is 15.6. The van der Waals surface area contributed by atoms with Crippen LogP contribution in [0.4, 0.5) is 0 Å². The van der Waals surface area contributed by atoms with E-state index in [0.717, 1.165) is 0 Å². The van der Waals surface area contributed by atoms with Crippen LogP contribution in [0.2, 0.25) is 0 Å². The van der Waals surface area contributed by atoms with Gasteiger partial charge in [-0.3, -0.25) is 0 Å². The zero-order chi connectivity index (χ0) is 38.2. The molecule has 0 aliphatic carbocycles. The Morgan fingerprint density at radius 3 is 0.879 bits per heavy atom. The molecule has 0 atom stereocenters. The van der Waals surface area contributed by atoms with E-state index >= 15 is 0 Å². The predicted molar refractivity (Wildman–Crippen MR) is 251 cm³/mol. The molecular weight excluding hydrogens is 697 g/mol. The summed E-state index contributed by atoms with van der Waals surface area (Å²) >= 11 is 0. The van der Waals surface area contributed by atoms with Crippen molar-refractivity contribution in [3.05, 3.63) is 218 Å². The minimum atomic E-state index is 1.22. The summed E-state index contributed by atoms with van der Waals surface area (Å²) in [6, 6.07) is 81.0. The third-order valence-corrected chi connectivity index (χ3v) is 12.4. The molecule has 268 valence electrons. The Bertz CT molecular complexity index is 3380. The Morgan fingerprint density at radius 2 is 0.466 bits per heavy atom. The SMILES string of the molecule is c1ccc(-c2ccc3c4ccc(-c5ccccc5-c5ccc6ccccc6c5)cc4c4c5ccccc5c5ccccc5c4c3c2)c(-c2ccc3ccccc3c2)c1. The van der Waals surface area contributed by atoms with Gasteiger partial charge in [0.1, 0.15) is 0 Å². The molecule has 0 heteroatoms. The number of benzene rings is 12.